The predicted molar refractivity (Wildman–Crippen MR) is 64.9 cm³/mol. The number of aromatic nitrogens is 2. The van der Waals surface area contributed by atoms with Gasteiger partial charge in [-0.05, 0) is 39.0 Å². The van der Waals surface area contributed by atoms with Gasteiger partial charge in [0.05, 0.1) is 0 Å². The highest BCUT2D eigenvalue weighted by Crippen LogP contribution is 2.26. The maximum atomic E-state index is 5.92. The standard InChI is InChI=1S/C13H19N3O/c1-9-14-7-10(8-15-11-5-6-11)13(16-9)17-12-3-2-4-12/h7,11-12,15H,2-6,8H2,1H3. The maximum absolute atomic E-state index is 5.92. The second-order valence-electron chi connectivity index (χ2n) is 5.07. The topological polar surface area (TPSA) is 47.0 Å². The Bertz CT molecular complexity index is 400. The molecule has 0 bridgehead atoms. The molecule has 0 unspecified atom stereocenters. The van der Waals surface area contributed by atoms with Crippen LogP contribution in [0.4, 0.5) is 0 Å². The van der Waals surface area contributed by atoms with Crippen LogP contribution in [0.3, 0.4) is 0 Å². The Morgan fingerprint density at radius 3 is 2.82 bits per heavy atom. The van der Waals surface area contributed by atoms with E-state index in [9.17, 15) is 0 Å². The van der Waals surface area contributed by atoms with Gasteiger partial charge in [-0.2, -0.15) is 4.98 Å². The van der Waals surface area contributed by atoms with Crippen molar-refractivity contribution in [2.45, 2.75) is 57.7 Å². The molecule has 0 amide bonds. The quantitative estimate of drug-likeness (QED) is 0.844. The maximum Gasteiger partial charge on any atom is 0.221 e. The Morgan fingerprint density at radius 2 is 2.18 bits per heavy atom. The number of ether oxygens (including phenoxy) is 1. The van der Waals surface area contributed by atoms with Gasteiger partial charge in [0.1, 0.15) is 11.9 Å². The fraction of sp³-hybridized carbons (Fsp3) is 0.692. The summed E-state index contributed by atoms with van der Waals surface area (Å²) in [6.07, 6.45) is 8.48. The van der Waals surface area contributed by atoms with Crippen LogP contribution in [0.5, 0.6) is 5.88 Å². The molecule has 2 aliphatic rings. The molecule has 17 heavy (non-hydrogen) atoms. The van der Waals surface area contributed by atoms with E-state index in [1.807, 2.05) is 13.1 Å². The SMILES string of the molecule is Cc1ncc(CNC2CC2)c(OC2CCC2)n1. The molecule has 1 aromatic heterocycles. The molecule has 2 saturated carbocycles. The lowest BCUT2D eigenvalue weighted by Gasteiger charge is -2.26. The van der Waals surface area contributed by atoms with Gasteiger partial charge in [0, 0.05) is 24.3 Å². The molecular formula is C13H19N3O. The first-order valence-corrected chi connectivity index (χ1v) is 6.54. The number of hydrogen-bond acceptors (Lipinski definition) is 4. The third-order valence-corrected chi connectivity index (χ3v) is 3.43. The van der Waals surface area contributed by atoms with Crippen molar-refractivity contribution in [3.8, 4) is 5.88 Å². The summed E-state index contributed by atoms with van der Waals surface area (Å²) >= 11 is 0. The Balaban J connectivity index is 1.69. The van der Waals surface area contributed by atoms with Crippen LogP contribution in [-0.2, 0) is 6.54 Å². The van der Waals surface area contributed by atoms with E-state index in [0.29, 0.717) is 12.1 Å². The lowest BCUT2D eigenvalue weighted by atomic mass is 9.96. The third-order valence-electron chi connectivity index (χ3n) is 3.43. The number of nitrogens with zero attached hydrogens (tertiary/aromatic N) is 2. The summed E-state index contributed by atoms with van der Waals surface area (Å²) in [5.74, 6) is 1.57. The van der Waals surface area contributed by atoms with Gasteiger partial charge in [0.25, 0.3) is 0 Å². The lowest BCUT2D eigenvalue weighted by molar-refractivity contribution is 0.112. The van der Waals surface area contributed by atoms with Crippen LogP contribution in [0.2, 0.25) is 0 Å². The predicted octanol–water partition coefficient (Wildman–Crippen LogP) is 1.97. The summed E-state index contributed by atoms with van der Waals surface area (Å²) < 4.78 is 5.92. The van der Waals surface area contributed by atoms with Gasteiger partial charge in [-0.1, -0.05) is 0 Å². The fourth-order valence-electron chi connectivity index (χ4n) is 1.89. The molecule has 0 aliphatic heterocycles. The van der Waals surface area contributed by atoms with E-state index in [-0.39, 0.29) is 0 Å². The third kappa shape index (κ3) is 2.75. The smallest absolute Gasteiger partial charge is 0.221 e. The number of aryl methyl sites for hydroxylation is 1. The summed E-state index contributed by atoms with van der Waals surface area (Å²) in [6.45, 7) is 2.73. The minimum atomic E-state index is 0.379. The first-order chi connectivity index (χ1) is 8.31. The molecule has 4 heteroatoms. The summed E-state index contributed by atoms with van der Waals surface area (Å²) in [5.41, 5.74) is 1.09. The highest BCUT2D eigenvalue weighted by Gasteiger charge is 2.23. The summed E-state index contributed by atoms with van der Waals surface area (Å²) in [6, 6.07) is 0.702. The van der Waals surface area contributed by atoms with Gasteiger partial charge in [0.15, 0.2) is 0 Å². The van der Waals surface area contributed by atoms with Gasteiger partial charge in [0.2, 0.25) is 5.88 Å². The van der Waals surface area contributed by atoms with Crippen LogP contribution in [0.25, 0.3) is 0 Å². The molecule has 1 heterocycles. The van der Waals surface area contributed by atoms with E-state index in [0.717, 1.165) is 23.8 Å². The van der Waals surface area contributed by atoms with Crippen molar-refractivity contribution in [3.63, 3.8) is 0 Å². The molecule has 4 nitrogen and oxygen atoms in total. The van der Waals surface area contributed by atoms with E-state index in [1.165, 1.54) is 32.1 Å². The zero-order valence-corrected chi connectivity index (χ0v) is 10.3. The average molecular weight is 233 g/mol. The highest BCUT2D eigenvalue weighted by molar-refractivity contribution is 5.24. The van der Waals surface area contributed by atoms with Crippen molar-refractivity contribution in [2.24, 2.45) is 0 Å². The summed E-state index contributed by atoms with van der Waals surface area (Å²) in [7, 11) is 0. The minimum absolute atomic E-state index is 0.379. The zero-order chi connectivity index (χ0) is 11.7. The molecule has 0 spiro atoms. The molecule has 1 N–H and O–H groups in total. The first-order valence-electron chi connectivity index (χ1n) is 6.54. The second kappa shape index (κ2) is 4.61. The molecule has 2 fully saturated rings. The van der Waals surface area contributed by atoms with Crippen molar-refractivity contribution < 1.29 is 4.74 Å². The highest BCUT2D eigenvalue weighted by atomic mass is 16.5. The fourth-order valence-corrected chi connectivity index (χ4v) is 1.89. The van der Waals surface area contributed by atoms with Crippen LogP contribution in [-0.4, -0.2) is 22.1 Å². The van der Waals surface area contributed by atoms with Crippen LogP contribution in [0.1, 0.15) is 43.5 Å². The largest absolute Gasteiger partial charge is 0.474 e. The van der Waals surface area contributed by atoms with Crippen LogP contribution >= 0.6 is 0 Å². The van der Waals surface area contributed by atoms with E-state index in [1.54, 1.807) is 0 Å². The van der Waals surface area contributed by atoms with Gasteiger partial charge >= 0.3 is 0 Å². The molecule has 92 valence electrons. The first kappa shape index (κ1) is 11.0. The normalized spacial score (nSPS) is 20.1. The molecule has 0 saturated heterocycles. The molecule has 0 radical (unpaired) electrons. The minimum Gasteiger partial charge on any atom is -0.474 e. The second-order valence-corrected chi connectivity index (χ2v) is 5.07. The Morgan fingerprint density at radius 1 is 1.35 bits per heavy atom. The van der Waals surface area contributed by atoms with E-state index in [4.69, 9.17) is 4.74 Å². The number of nitrogens with one attached hydrogen (secondary N) is 1. The van der Waals surface area contributed by atoms with E-state index < -0.39 is 0 Å². The summed E-state index contributed by atoms with van der Waals surface area (Å²) in [5, 5.41) is 3.48. The molecule has 0 aromatic carbocycles. The van der Waals surface area contributed by atoms with Gasteiger partial charge in [-0.3, -0.25) is 0 Å². The Hall–Kier alpha value is -1.16. The molecule has 1 aromatic rings. The van der Waals surface area contributed by atoms with Gasteiger partial charge in [-0.25, -0.2) is 4.98 Å². The molecule has 2 aliphatic carbocycles. The van der Waals surface area contributed by atoms with Gasteiger partial charge in [-0.15, -0.1) is 0 Å². The van der Waals surface area contributed by atoms with Crippen molar-refractivity contribution in [1.82, 2.24) is 15.3 Å². The summed E-state index contributed by atoms with van der Waals surface area (Å²) in [4.78, 5) is 8.68. The number of hydrogen-bond donors (Lipinski definition) is 1. The zero-order valence-electron chi connectivity index (χ0n) is 10.3. The monoisotopic (exact) mass is 233 g/mol. The van der Waals surface area contributed by atoms with Gasteiger partial charge < -0.3 is 10.1 Å². The van der Waals surface area contributed by atoms with E-state index >= 15 is 0 Å². The Kier molecular flexibility index (Phi) is 2.97. The Labute approximate surface area is 102 Å². The molecule has 0 atom stereocenters. The van der Waals surface area contributed by atoms with Crippen LogP contribution in [0.15, 0.2) is 6.20 Å². The van der Waals surface area contributed by atoms with Crippen molar-refractivity contribution >= 4 is 0 Å². The number of rotatable bonds is 5. The molecule has 3 rings (SSSR count). The van der Waals surface area contributed by atoms with E-state index in [2.05, 4.69) is 15.3 Å². The lowest BCUT2D eigenvalue weighted by Crippen LogP contribution is -2.26. The van der Waals surface area contributed by atoms with Crippen molar-refractivity contribution in [3.05, 3.63) is 17.6 Å². The molecular weight excluding hydrogens is 214 g/mol. The van der Waals surface area contributed by atoms with Crippen LogP contribution in [0, 0.1) is 6.92 Å². The van der Waals surface area contributed by atoms with Crippen molar-refractivity contribution in [1.29, 1.82) is 0 Å². The van der Waals surface area contributed by atoms with Crippen molar-refractivity contribution in [2.75, 3.05) is 0 Å². The average Bonchev–Trinajstić information content (AvgIpc) is 3.06. The van der Waals surface area contributed by atoms with Crippen LogP contribution < -0.4 is 10.1 Å².